The highest BCUT2D eigenvalue weighted by Crippen LogP contribution is 2.60. The second kappa shape index (κ2) is 7.68. The third-order valence-corrected chi connectivity index (χ3v) is 9.48. The zero-order valence-electron chi connectivity index (χ0n) is 18.3. The number of nitrogens with zero attached hydrogens (tertiary/aromatic N) is 1. The van der Waals surface area contributed by atoms with Crippen LogP contribution in [0.25, 0.3) is 10.2 Å². The topological polar surface area (TPSA) is 104 Å². The van der Waals surface area contributed by atoms with Crippen LogP contribution < -0.4 is 16.4 Å². The molecule has 4 bridgehead atoms. The number of nitrogens with one attached hydrogen (secondary N) is 3. The van der Waals surface area contributed by atoms with Crippen LogP contribution >= 0.6 is 11.3 Å². The lowest BCUT2D eigenvalue weighted by molar-refractivity contribution is -0.148. The van der Waals surface area contributed by atoms with Gasteiger partial charge in [-0.25, -0.2) is 4.98 Å². The average molecular weight is 455 g/mol. The number of hydrogen-bond acceptors (Lipinski definition) is 5. The predicted octanol–water partition coefficient (Wildman–Crippen LogP) is 3.16. The van der Waals surface area contributed by atoms with E-state index in [1.165, 1.54) is 36.1 Å². The van der Waals surface area contributed by atoms with Gasteiger partial charge in [0, 0.05) is 17.7 Å². The minimum Gasteiger partial charge on any atom is -0.310 e. The first-order chi connectivity index (χ1) is 15.5. The smallest absolute Gasteiger partial charge is 0.259 e. The Hall–Kier alpha value is -2.22. The van der Waals surface area contributed by atoms with Crippen molar-refractivity contribution in [2.75, 3.05) is 0 Å². The van der Waals surface area contributed by atoms with Crippen LogP contribution in [0, 0.1) is 23.2 Å². The van der Waals surface area contributed by atoms with Crippen LogP contribution in [0.3, 0.4) is 0 Å². The molecule has 0 unspecified atom stereocenters. The number of aryl methyl sites for hydroxylation is 3. The maximum Gasteiger partial charge on any atom is 0.259 e. The zero-order valence-corrected chi connectivity index (χ0v) is 19.1. The summed E-state index contributed by atoms with van der Waals surface area (Å²) in [7, 11) is 0. The predicted molar refractivity (Wildman–Crippen MR) is 122 cm³/mol. The van der Waals surface area contributed by atoms with Gasteiger partial charge in [0.25, 0.3) is 5.56 Å². The van der Waals surface area contributed by atoms with Crippen LogP contribution in [0.2, 0.25) is 0 Å². The summed E-state index contributed by atoms with van der Waals surface area (Å²) in [5, 5.41) is 0.737. The van der Waals surface area contributed by atoms with Gasteiger partial charge in [-0.1, -0.05) is 0 Å². The third-order valence-electron chi connectivity index (χ3n) is 8.30. The van der Waals surface area contributed by atoms with E-state index in [2.05, 4.69) is 20.8 Å². The molecule has 4 fully saturated rings. The van der Waals surface area contributed by atoms with Crippen molar-refractivity contribution < 1.29 is 9.59 Å². The van der Waals surface area contributed by atoms with Crippen molar-refractivity contribution in [3.05, 3.63) is 26.6 Å². The molecular weight excluding hydrogens is 424 g/mol. The molecule has 2 aromatic rings. The summed E-state index contributed by atoms with van der Waals surface area (Å²) in [4.78, 5) is 47.6. The van der Waals surface area contributed by atoms with Gasteiger partial charge in [0.15, 0.2) is 0 Å². The Bertz CT molecular complexity index is 1110. The van der Waals surface area contributed by atoms with E-state index in [9.17, 15) is 14.4 Å². The molecule has 2 amide bonds. The van der Waals surface area contributed by atoms with Crippen molar-refractivity contribution in [3.63, 3.8) is 0 Å². The number of hydrazine groups is 1. The van der Waals surface area contributed by atoms with Crippen LogP contribution in [-0.4, -0.2) is 21.8 Å². The van der Waals surface area contributed by atoms with Gasteiger partial charge < -0.3 is 4.98 Å². The fraction of sp³-hybridized carbons (Fsp3) is 0.667. The molecule has 7 nitrogen and oxygen atoms in total. The van der Waals surface area contributed by atoms with E-state index in [1.807, 2.05) is 0 Å². The Kier molecular flexibility index (Phi) is 4.89. The molecule has 4 saturated carbocycles. The van der Waals surface area contributed by atoms with E-state index in [4.69, 9.17) is 0 Å². The maximum atomic E-state index is 13.0. The fourth-order valence-electron chi connectivity index (χ4n) is 7.27. The van der Waals surface area contributed by atoms with E-state index >= 15 is 0 Å². The molecule has 0 aromatic carbocycles. The minimum absolute atomic E-state index is 0.0120. The van der Waals surface area contributed by atoms with Gasteiger partial charge >= 0.3 is 0 Å². The number of H-pyrrole nitrogens is 1. The lowest BCUT2D eigenvalue weighted by atomic mass is 9.49. The van der Waals surface area contributed by atoms with E-state index in [0.29, 0.717) is 30.0 Å². The number of thiophene rings is 1. The number of carbonyl (C=O) groups excluding carboxylic acids is 2. The standard InChI is InChI=1S/C24H30N4O3S/c29-19(27-28-23(31)24-10-13-7-14(11-24)9-15(8-13)12-24)6-5-18-25-21(30)20-16-3-1-2-4-17(16)32-22(20)26-18/h13-15H,1-12H2,(H,27,29)(H,28,31)(H,25,26,30). The van der Waals surface area contributed by atoms with E-state index < -0.39 is 0 Å². The molecular formula is C24H30N4O3S. The average Bonchev–Trinajstić information content (AvgIpc) is 3.14. The molecule has 5 aliphatic carbocycles. The molecule has 5 aliphatic rings. The summed E-state index contributed by atoms with van der Waals surface area (Å²) in [6.45, 7) is 0. The Balaban J connectivity index is 1.07. The first-order valence-corrected chi connectivity index (χ1v) is 12.9. The number of rotatable bonds is 4. The molecule has 0 radical (unpaired) electrons. The van der Waals surface area contributed by atoms with Crippen molar-refractivity contribution in [2.24, 2.45) is 23.2 Å². The second-order valence-electron chi connectivity index (χ2n) is 10.6. The molecule has 2 heterocycles. The Morgan fingerprint density at radius 2 is 1.72 bits per heavy atom. The van der Waals surface area contributed by atoms with Crippen molar-refractivity contribution in [2.45, 2.75) is 77.0 Å². The molecule has 170 valence electrons. The number of aromatic amines is 1. The number of amides is 2. The van der Waals surface area contributed by atoms with Crippen LogP contribution in [0.1, 0.15) is 74.1 Å². The molecule has 8 heteroatoms. The van der Waals surface area contributed by atoms with Crippen LogP contribution in [0.4, 0.5) is 0 Å². The first-order valence-electron chi connectivity index (χ1n) is 12.1. The highest BCUT2D eigenvalue weighted by atomic mass is 32.1. The summed E-state index contributed by atoms with van der Waals surface area (Å²) >= 11 is 1.61. The summed E-state index contributed by atoms with van der Waals surface area (Å²) in [6.07, 6.45) is 11.5. The number of fused-ring (bicyclic) bond motifs is 3. The van der Waals surface area contributed by atoms with E-state index in [1.54, 1.807) is 11.3 Å². The fourth-order valence-corrected chi connectivity index (χ4v) is 8.55. The highest BCUT2D eigenvalue weighted by Gasteiger charge is 2.54. The summed E-state index contributed by atoms with van der Waals surface area (Å²) in [5.74, 6) is 2.32. The second-order valence-corrected chi connectivity index (χ2v) is 11.7. The first kappa shape index (κ1) is 20.4. The van der Waals surface area contributed by atoms with Crippen molar-refractivity contribution in [1.82, 2.24) is 20.8 Å². The zero-order chi connectivity index (χ0) is 21.9. The SMILES string of the molecule is O=C(CCc1nc2sc3c(c2c(=O)[nH]1)CCCC3)NNC(=O)C12CC3CC(CC(C3)C1)C2. The molecule has 3 N–H and O–H groups in total. The Morgan fingerprint density at radius 1 is 1.03 bits per heavy atom. The Morgan fingerprint density at radius 3 is 2.44 bits per heavy atom. The van der Waals surface area contributed by atoms with Crippen LogP contribution in [0.15, 0.2) is 4.79 Å². The summed E-state index contributed by atoms with van der Waals surface area (Å²) < 4.78 is 0. The molecule has 7 rings (SSSR count). The van der Waals surface area contributed by atoms with Gasteiger partial charge in [-0.2, -0.15) is 0 Å². The monoisotopic (exact) mass is 454 g/mol. The van der Waals surface area contributed by atoms with Crippen molar-refractivity contribution in [3.8, 4) is 0 Å². The third kappa shape index (κ3) is 3.47. The number of hydrogen-bond donors (Lipinski definition) is 3. The largest absolute Gasteiger partial charge is 0.310 e. The quantitative estimate of drug-likeness (QED) is 0.617. The molecule has 32 heavy (non-hydrogen) atoms. The minimum atomic E-state index is -0.280. The lowest BCUT2D eigenvalue weighted by Gasteiger charge is -2.55. The van der Waals surface area contributed by atoms with Crippen molar-refractivity contribution in [1.29, 1.82) is 0 Å². The normalized spacial score (nSPS) is 30.3. The lowest BCUT2D eigenvalue weighted by Crippen LogP contribution is -2.56. The van der Waals surface area contributed by atoms with Gasteiger partial charge in [-0.3, -0.25) is 25.2 Å². The van der Waals surface area contributed by atoms with Crippen molar-refractivity contribution >= 4 is 33.4 Å². The van der Waals surface area contributed by atoms with Crippen LogP contribution in [0.5, 0.6) is 0 Å². The number of aromatic nitrogens is 2. The van der Waals surface area contributed by atoms with Crippen LogP contribution in [-0.2, 0) is 28.9 Å². The van der Waals surface area contributed by atoms with Gasteiger partial charge in [0.2, 0.25) is 11.8 Å². The summed E-state index contributed by atoms with van der Waals surface area (Å²) in [5.41, 5.74) is 6.13. The Labute approximate surface area is 190 Å². The molecule has 2 aromatic heterocycles. The van der Waals surface area contributed by atoms with Gasteiger partial charge in [0.05, 0.1) is 10.8 Å². The summed E-state index contributed by atoms with van der Waals surface area (Å²) in [6, 6.07) is 0. The molecule has 0 saturated heterocycles. The highest BCUT2D eigenvalue weighted by molar-refractivity contribution is 7.18. The van der Waals surface area contributed by atoms with E-state index in [0.717, 1.165) is 48.7 Å². The molecule has 0 aliphatic heterocycles. The van der Waals surface area contributed by atoms with Gasteiger partial charge in [0.1, 0.15) is 10.7 Å². The molecule has 0 spiro atoms. The van der Waals surface area contributed by atoms with Gasteiger partial charge in [-0.05, 0) is 87.5 Å². The van der Waals surface area contributed by atoms with E-state index in [-0.39, 0.29) is 29.2 Å². The van der Waals surface area contributed by atoms with Gasteiger partial charge in [-0.15, -0.1) is 11.3 Å². The molecule has 0 atom stereocenters. The number of carbonyl (C=O) groups is 2. The maximum absolute atomic E-state index is 13.0.